The van der Waals surface area contributed by atoms with E-state index in [1.165, 1.54) is 0 Å². The summed E-state index contributed by atoms with van der Waals surface area (Å²) in [6.07, 6.45) is 1.51. The summed E-state index contributed by atoms with van der Waals surface area (Å²) in [6, 6.07) is 1.67. The van der Waals surface area contributed by atoms with Gasteiger partial charge in [-0.25, -0.2) is 0 Å². The molecule has 2 rings (SSSR count). The molecule has 3 nitrogen and oxygen atoms in total. The van der Waals surface area contributed by atoms with Crippen LogP contribution in [0.2, 0.25) is 0 Å². The van der Waals surface area contributed by atoms with Gasteiger partial charge < -0.3 is 9.84 Å². The lowest BCUT2D eigenvalue weighted by atomic mass is 10.1. The predicted molar refractivity (Wildman–Crippen MR) is 55.0 cm³/mol. The summed E-state index contributed by atoms with van der Waals surface area (Å²) in [5.74, 6) is 0.605. The van der Waals surface area contributed by atoms with E-state index in [9.17, 15) is 9.90 Å². The van der Waals surface area contributed by atoms with Gasteiger partial charge in [-0.1, -0.05) is 0 Å². The fraction of sp³-hybridized carbons (Fsp3) is 0.300. The standard InChI is InChI=1S/C10H9BrO3/c1-5-2-6-3-7(4-12)9(13)8(11)10(6)14-5/h3-5,13H,2H2,1H3. The molecule has 1 aliphatic rings. The lowest BCUT2D eigenvalue weighted by Gasteiger charge is -2.07. The van der Waals surface area contributed by atoms with Gasteiger partial charge in [0.25, 0.3) is 0 Å². The minimum absolute atomic E-state index is 0.0483. The topological polar surface area (TPSA) is 46.5 Å². The Bertz CT molecular complexity index is 401. The Labute approximate surface area is 89.8 Å². The smallest absolute Gasteiger partial charge is 0.153 e. The Morgan fingerprint density at radius 3 is 3.07 bits per heavy atom. The van der Waals surface area contributed by atoms with E-state index in [1.54, 1.807) is 6.07 Å². The van der Waals surface area contributed by atoms with E-state index in [0.717, 1.165) is 12.0 Å². The summed E-state index contributed by atoms with van der Waals surface area (Å²) in [4.78, 5) is 10.6. The second-order valence-corrected chi connectivity index (χ2v) is 4.16. The van der Waals surface area contributed by atoms with Crippen molar-refractivity contribution < 1.29 is 14.6 Å². The van der Waals surface area contributed by atoms with Gasteiger partial charge in [-0.05, 0) is 34.5 Å². The van der Waals surface area contributed by atoms with Crippen LogP contribution in [0, 0.1) is 0 Å². The summed E-state index contributed by atoms with van der Waals surface area (Å²) in [5.41, 5.74) is 1.26. The van der Waals surface area contributed by atoms with Crippen LogP contribution in [-0.2, 0) is 6.42 Å². The minimum atomic E-state index is -0.0483. The monoisotopic (exact) mass is 256 g/mol. The van der Waals surface area contributed by atoms with Gasteiger partial charge in [0.1, 0.15) is 22.1 Å². The van der Waals surface area contributed by atoms with Crippen molar-refractivity contribution in [1.29, 1.82) is 0 Å². The van der Waals surface area contributed by atoms with Crippen molar-refractivity contribution in [2.75, 3.05) is 0 Å². The SMILES string of the molecule is CC1Cc2cc(C=O)c(O)c(Br)c2O1. The van der Waals surface area contributed by atoms with E-state index >= 15 is 0 Å². The van der Waals surface area contributed by atoms with Crippen LogP contribution >= 0.6 is 15.9 Å². The van der Waals surface area contributed by atoms with E-state index in [4.69, 9.17) is 4.74 Å². The van der Waals surface area contributed by atoms with E-state index < -0.39 is 0 Å². The number of carbonyl (C=O) groups excluding carboxylic acids is 1. The lowest BCUT2D eigenvalue weighted by Crippen LogP contribution is -2.05. The predicted octanol–water partition coefficient (Wildman–Crippen LogP) is 2.29. The molecule has 1 N–H and O–H groups in total. The van der Waals surface area contributed by atoms with E-state index in [-0.39, 0.29) is 11.9 Å². The maximum atomic E-state index is 10.6. The number of hydrogen-bond acceptors (Lipinski definition) is 3. The molecule has 1 aromatic carbocycles. The van der Waals surface area contributed by atoms with Gasteiger partial charge in [0.05, 0.1) is 5.56 Å². The normalized spacial score (nSPS) is 18.9. The number of aromatic hydroxyl groups is 1. The molecule has 0 aliphatic carbocycles. The van der Waals surface area contributed by atoms with Crippen molar-refractivity contribution in [2.45, 2.75) is 19.4 Å². The molecule has 1 aliphatic heterocycles. The molecular weight excluding hydrogens is 248 g/mol. The van der Waals surface area contributed by atoms with Crippen LogP contribution in [0.15, 0.2) is 10.5 Å². The first-order valence-electron chi connectivity index (χ1n) is 4.29. The summed E-state index contributed by atoms with van der Waals surface area (Å²) >= 11 is 3.22. The Morgan fingerprint density at radius 1 is 1.71 bits per heavy atom. The van der Waals surface area contributed by atoms with E-state index in [2.05, 4.69) is 15.9 Å². The van der Waals surface area contributed by atoms with E-state index in [0.29, 0.717) is 22.1 Å². The van der Waals surface area contributed by atoms with Crippen LogP contribution in [0.4, 0.5) is 0 Å². The number of phenolic OH excluding ortho intramolecular Hbond substituents is 1. The fourth-order valence-corrected chi connectivity index (χ4v) is 2.20. The molecule has 0 aromatic heterocycles. The number of halogens is 1. The molecule has 0 fully saturated rings. The van der Waals surface area contributed by atoms with Crippen LogP contribution in [-0.4, -0.2) is 17.5 Å². The molecule has 0 saturated heterocycles. The zero-order valence-electron chi connectivity index (χ0n) is 7.58. The van der Waals surface area contributed by atoms with Gasteiger partial charge in [-0.3, -0.25) is 4.79 Å². The second kappa shape index (κ2) is 3.28. The van der Waals surface area contributed by atoms with Crippen molar-refractivity contribution >= 4 is 22.2 Å². The summed E-state index contributed by atoms with van der Waals surface area (Å²) in [5, 5.41) is 9.59. The van der Waals surface area contributed by atoms with Gasteiger partial charge >= 0.3 is 0 Å². The molecule has 1 heterocycles. The van der Waals surface area contributed by atoms with Crippen molar-refractivity contribution in [2.24, 2.45) is 0 Å². The zero-order valence-corrected chi connectivity index (χ0v) is 9.17. The lowest BCUT2D eigenvalue weighted by molar-refractivity contribution is 0.112. The summed E-state index contributed by atoms with van der Waals surface area (Å²) in [6.45, 7) is 1.95. The summed E-state index contributed by atoms with van der Waals surface area (Å²) in [7, 11) is 0. The highest BCUT2D eigenvalue weighted by atomic mass is 79.9. The van der Waals surface area contributed by atoms with Gasteiger partial charge in [0, 0.05) is 6.42 Å². The van der Waals surface area contributed by atoms with Gasteiger partial charge in [0.15, 0.2) is 6.29 Å². The number of aldehydes is 1. The molecule has 4 heteroatoms. The number of hydrogen-bond donors (Lipinski definition) is 1. The third kappa shape index (κ3) is 1.30. The van der Waals surface area contributed by atoms with E-state index in [1.807, 2.05) is 6.92 Å². The van der Waals surface area contributed by atoms with Crippen LogP contribution < -0.4 is 4.74 Å². The summed E-state index contributed by atoms with van der Waals surface area (Å²) < 4.78 is 5.97. The van der Waals surface area contributed by atoms with Crippen LogP contribution in [0.5, 0.6) is 11.5 Å². The van der Waals surface area contributed by atoms with Crippen LogP contribution in [0.1, 0.15) is 22.8 Å². The average molecular weight is 257 g/mol. The number of carbonyl (C=O) groups is 1. The number of rotatable bonds is 1. The molecule has 1 unspecified atom stereocenters. The molecule has 0 radical (unpaired) electrons. The second-order valence-electron chi connectivity index (χ2n) is 3.37. The highest BCUT2D eigenvalue weighted by molar-refractivity contribution is 9.10. The Morgan fingerprint density at radius 2 is 2.43 bits per heavy atom. The van der Waals surface area contributed by atoms with Crippen molar-refractivity contribution in [3.63, 3.8) is 0 Å². The quantitative estimate of drug-likeness (QED) is 0.785. The third-order valence-electron chi connectivity index (χ3n) is 2.26. The molecule has 0 saturated carbocycles. The highest BCUT2D eigenvalue weighted by Crippen LogP contribution is 2.43. The number of benzene rings is 1. The molecule has 0 bridgehead atoms. The Kier molecular flexibility index (Phi) is 2.23. The highest BCUT2D eigenvalue weighted by Gasteiger charge is 2.25. The first-order valence-corrected chi connectivity index (χ1v) is 5.09. The van der Waals surface area contributed by atoms with Crippen molar-refractivity contribution in [1.82, 2.24) is 0 Å². The minimum Gasteiger partial charge on any atom is -0.506 e. The molecule has 1 aromatic rings. The third-order valence-corrected chi connectivity index (χ3v) is 2.99. The Balaban J connectivity index is 2.61. The van der Waals surface area contributed by atoms with Crippen LogP contribution in [0.25, 0.3) is 0 Å². The van der Waals surface area contributed by atoms with Crippen molar-refractivity contribution in [3.8, 4) is 11.5 Å². The molecule has 0 amide bonds. The first-order chi connectivity index (χ1) is 6.63. The molecular formula is C10H9BrO3. The maximum absolute atomic E-state index is 10.6. The number of fused-ring (bicyclic) bond motifs is 1. The van der Waals surface area contributed by atoms with Gasteiger partial charge in [-0.15, -0.1) is 0 Å². The maximum Gasteiger partial charge on any atom is 0.153 e. The zero-order chi connectivity index (χ0) is 10.3. The number of ether oxygens (including phenoxy) is 1. The largest absolute Gasteiger partial charge is 0.506 e. The molecule has 14 heavy (non-hydrogen) atoms. The fourth-order valence-electron chi connectivity index (χ4n) is 1.62. The average Bonchev–Trinajstić information content (AvgIpc) is 2.52. The van der Waals surface area contributed by atoms with Gasteiger partial charge in [0.2, 0.25) is 0 Å². The molecule has 1 atom stereocenters. The molecule has 74 valence electrons. The van der Waals surface area contributed by atoms with Crippen LogP contribution in [0.3, 0.4) is 0 Å². The Hall–Kier alpha value is -1.03. The van der Waals surface area contributed by atoms with Gasteiger partial charge in [-0.2, -0.15) is 0 Å². The number of phenols is 1. The first kappa shape index (κ1) is 9.52. The molecule has 0 spiro atoms. The van der Waals surface area contributed by atoms with Crippen molar-refractivity contribution in [3.05, 3.63) is 21.7 Å².